The Morgan fingerprint density at radius 2 is 2.00 bits per heavy atom. The molecule has 0 aliphatic heterocycles. The van der Waals surface area contributed by atoms with Gasteiger partial charge in [-0.05, 0) is 30.6 Å². The first kappa shape index (κ1) is 13.9. The molecule has 1 rings (SSSR count). The number of methoxy groups -OCH3 is 1. The Kier molecular flexibility index (Phi) is 5.22. The minimum Gasteiger partial charge on any atom is -0.396 e. The van der Waals surface area contributed by atoms with Crippen LogP contribution in [0.25, 0.3) is 0 Å². The Bertz CT molecular complexity index is 197. The van der Waals surface area contributed by atoms with Gasteiger partial charge < -0.3 is 15.2 Å². The first-order chi connectivity index (χ1) is 7.49. The third-order valence-corrected chi connectivity index (χ3v) is 3.42. The van der Waals surface area contributed by atoms with E-state index in [1.54, 1.807) is 7.11 Å². The van der Waals surface area contributed by atoms with Crippen LogP contribution in [-0.2, 0) is 4.74 Å². The summed E-state index contributed by atoms with van der Waals surface area (Å²) < 4.78 is 5.27. The third-order valence-electron chi connectivity index (χ3n) is 3.42. The summed E-state index contributed by atoms with van der Waals surface area (Å²) in [6.07, 6.45) is 3.45. The van der Waals surface area contributed by atoms with Crippen molar-refractivity contribution in [3.05, 3.63) is 0 Å². The summed E-state index contributed by atoms with van der Waals surface area (Å²) in [7, 11) is 1.76. The Labute approximate surface area is 99.6 Å². The molecular weight excluding hydrogens is 202 g/mol. The van der Waals surface area contributed by atoms with Crippen molar-refractivity contribution in [2.75, 3.05) is 20.3 Å². The largest absolute Gasteiger partial charge is 0.396 e. The van der Waals surface area contributed by atoms with Crippen LogP contribution in [0.1, 0.15) is 40.0 Å². The van der Waals surface area contributed by atoms with E-state index in [2.05, 4.69) is 26.1 Å². The van der Waals surface area contributed by atoms with Crippen molar-refractivity contribution in [2.45, 2.75) is 52.1 Å². The van der Waals surface area contributed by atoms with E-state index in [1.807, 2.05) is 0 Å². The van der Waals surface area contributed by atoms with Crippen molar-refractivity contribution in [3.8, 4) is 0 Å². The summed E-state index contributed by atoms with van der Waals surface area (Å²) in [4.78, 5) is 0. The van der Waals surface area contributed by atoms with Gasteiger partial charge in [0.2, 0.25) is 0 Å². The first-order valence-electron chi connectivity index (χ1n) is 6.35. The predicted octanol–water partition coefficient (Wildman–Crippen LogP) is 1.80. The van der Waals surface area contributed by atoms with E-state index in [-0.39, 0.29) is 12.0 Å². The van der Waals surface area contributed by atoms with E-state index in [0.717, 1.165) is 18.9 Å². The second kappa shape index (κ2) is 5.99. The average molecular weight is 229 g/mol. The highest BCUT2D eigenvalue weighted by Gasteiger charge is 2.34. The Hall–Kier alpha value is -0.120. The summed E-state index contributed by atoms with van der Waals surface area (Å²) in [6, 6.07) is 0.819. The molecule has 0 aromatic heterocycles. The lowest BCUT2D eigenvalue weighted by atomic mass is 9.84. The molecule has 96 valence electrons. The van der Waals surface area contributed by atoms with Gasteiger partial charge in [0.05, 0.1) is 6.61 Å². The summed E-state index contributed by atoms with van der Waals surface area (Å²) in [5.74, 6) is 0.781. The monoisotopic (exact) mass is 229 g/mol. The third kappa shape index (κ3) is 4.40. The normalized spacial score (nSPS) is 20.8. The van der Waals surface area contributed by atoms with Crippen LogP contribution < -0.4 is 5.32 Å². The van der Waals surface area contributed by atoms with Gasteiger partial charge in [-0.3, -0.25) is 0 Å². The van der Waals surface area contributed by atoms with Crippen LogP contribution in [0.5, 0.6) is 0 Å². The molecular formula is C13H27NO2. The number of ether oxygens (including phenoxy) is 1. The minimum absolute atomic E-state index is 0.184. The Morgan fingerprint density at radius 3 is 2.38 bits per heavy atom. The number of hydrogen-bond acceptors (Lipinski definition) is 3. The van der Waals surface area contributed by atoms with Gasteiger partial charge in [-0.25, -0.2) is 0 Å². The summed E-state index contributed by atoms with van der Waals surface area (Å²) in [5.41, 5.74) is 0.184. The number of hydrogen-bond donors (Lipinski definition) is 2. The van der Waals surface area contributed by atoms with Crippen LogP contribution in [0.15, 0.2) is 0 Å². The van der Waals surface area contributed by atoms with E-state index in [4.69, 9.17) is 9.84 Å². The minimum atomic E-state index is 0.184. The summed E-state index contributed by atoms with van der Waals surface area (Å²) >= 11 is 0. The number of aliphatic hydroxyl groups is 1. The lowest BCUT2D eigenvalue weighted by Gasteiger charge is -2.34. The Balaban J connectivity index is 2.50. The smallest absolute Gasteiger partial charge is 0.0618 e. The van der Waals surface area contributed by atoms with Gasteiger partial charge in [-0.2, -0.15) is 0 Å². The molecule has 3 nitrogen and oxygen atoms in total. The molecule has 2 N–H and O–H groups in total. The van der Waals surface area contributed by atoms with Gasteiger partial charge >= 0.3 is 0 Å². The van der Waals surface area contributed by atoms with Gasteiger partial charge in [0.15, 0.2) is 0 Å². The van der Waals surface area contributed by atoms with E-state index >= 15 is 0 Å². The van der Waals surface area contributed by atoms with Crippen LogP contribution in [0.4, 0.5) is 0 Å². The number of nitrogens with one attached hydrogen (secondary N) is 1. The molecule has 1 aliphatic rings. The van der Waals surface area contributed by atoms with Crippen molar-refractivity contribution in [1.82, 2.24) is 5.32 Å². The maximum absolute atomic E-state index is 9.13. The zero-order valence-electron chi connectivity index (χ0n) is 11.1. The highest BCUT2D eigenvalue weighted by molar-refractivity contribution is 4.91. The summed E-state index contributed by atoms with van der Waals surface area (Å²) in [5, 5.41) is 12.8. The lowest BCUT2D eigenvalue weighted by molar-refractivity contribution is 0.122. The van der Waals surface area contributed by atoms with Crippen molar-refractivity contribution in [2.24, 2.45) is 11.3 Å². The molecule has 2 unspecified atom stereocenters. The van der Waals surface area contributed by atoms with E-state index in [0.29, 0.717) is 12.1 Å². The zero-order chi connectivity index (χ0) is 12.2. The predicted molar refractivity (Wildman–Crippen MR) is 66.5 cm³/mol. The average Bonchev–Trinajstić information content (AvgIpc) is 2.97. The fourth-order valence-corrected chi connectivity index (χ4v) is 2.15. The van der Waals surface area contributed by atoms with Gasteiger partial charge in [-0.15, -0.1) is 0 Å². The van der Waals surface area contributed by atoms with Crippen LogP contribution in [-0.4, -0.2) is 37.5 Å². The quantitative estimate of drug-likeness (QED) is 0.699. The highest BCUT2D eigenvalue weighted by Crippen LogP contribution is 2.34. The van der Waals surface area contributed by atoms with E-state index < -0.39 is 0 Å². The van der Waals surface area contributed by atoms with Gasteiger partial charge in [-0.1, -0.05) is 20.8 Å². The lowest BCUT2D eigenvalue weighted by Crippen LogP contribution is -2.49. The van der Waals surface area contributed by atoms with Crippen LogP contribution >= 0.6 is 0 Å². The highest BCUT2D eigenvalue weighted by atomic mass is 16.5. The van der Waals surface area contributed by atoms with Crippen molar-refractivity contribution in [3.63, 3.8) is 0 Å². The number of aliphatic hydroxyl groups excluding tert-OH is 1. The molecule has 0 radical (unpaired) electrons. The standard InChI is InChI=1S/C13H27NO2/c1-13(2,3)12(7-8-15)14-11(9-16-4)10-5-6-10/h10-12,14-15H,5-9H2,1-4H3. The molecule has 1 saturated carbocycles. The first-order valence-corrected chi connectivity index (χ1v) is 6.35. The van der Waals surface area contributed by atoms with Crippen molar-refractivity contribution >= 4 is 0 Å². The topological polar surface area (TPSA) is 41.5 Å². The second-order valence-corrected chi connectivity index (χ2v) is 6.00. The molecule has 0 aromatic rings. The molecule has 0 bridgehead atoms. The number of rotatable bonds is 7. The molecule has 16 heavy (non-hydrogen) atoms. The van der Waals surface area contributed by atoms with Crippen LogP contribution in [0.2, 0.25) is 0 Å². The molecule has 0 heterocycles. The Morgan fingerprint density at radius 1 is 1.38 bits per heavy atom. The second-order valence-electron chi connectivity index (χ2n) is 6.00. The molecule has 0 saturated heterocycles. The summed E-state index contributed by atoms with van der Waals surface area (Å²) in [6.45, 7) is 7.69. The van der Waals surface area contributed by atoms with Crippen LogP contribution in [0, 0.1) is 11.3 Å². The van der Waals surface area contributed by atoms with Crippen molar-refractivity contribution in [1.29, 1.82) is 0 Å². The zero-order valence-corrected chi connectivity index (χ0v) is 11.1. The maximum Gasteiger partial charge on any atom is 0.0618 e. The van der Waals surface area contributed by atoms with Gasteiger partial charge in [0.1, 0.15) is 0 Å². The molecule has 2 atom stereocenters. The molecule has 0 spiro atoms. The molecule has 0 aromatic carbocycles. The fourth-order valence-electron chi connectivity index (χ4n) is 2.15. The molecule has 1 aliphatic carbocycles. The fraction of sp³-hybridized carbons (Fsp3) is 1.00. The van der Waals surface area contributed by atoms with E-state index in [9.17, 15) is 0 Å². The van der Waals surface area contributed by atoms with Crippen LogP contribution in [0.3, 0.4) is 0 Å². The molecule has 3 heteroatoms. The van der Waals surface area contributed by atoms with Gasteiger partial charge in [0.25, 0.3) is 0 Å². The van der Waals surface area contributed by atoms with Gasteiger partial charge in [0, 0.05) is 25.8 Å². The van der Waals surface area contributed by atoms with Crippen molar-refractivity contribution < 1.29 is 9.84 Å². The molecule has 0 amide bonds. The molecule has 1 fully saturated rings. The maximum atomic E-state index is 9.13. The van der Waals surface area contributed by atoms with E-state index in [1.165, 1.54) is 12.8 Å². The SMILES string of the molecule is COCC(NC(CCO)C(C)(C)C)C1CC1.